The van der Waals surface area contributed by atoms with E-state index in [4.69, 9.17) is 15.2 Å². The normalized spacial score (nSPS) is 26.3. The second kappa shape index (κ2) is 10.4. The Morgan fingerprint density at radius 1 is 1.02 bits per heavy atom. The minimum absolute atomic E-state index is 0.0181. The Morgan fingerprint density at radius 3 is 2.57 bits per heavy atom. The van der Waals surface area contributed by atoms with Gasteiger partial charge < -0.3 is 25.2 Å². The van der Waals surface area contributed by atoms with Crippen molar-refractivity contribution in [3.63, 3.8) is 0 Å². The first kappa shape index (κ1) is 27.0. The third-order valence-electron chi connectivity index (χ3n) is 9.66. The third kappa shape index (κ3) is 4.20. The Hall–Kier alpha value is -3.86. The molecule has 4 fully saturated rings. The number of hydrogen-bond donors (Lipinski definition) is 2. The summed E-state index contributed by atoms with van der Waals surface area (Å²) in [5.41, 5.74) is 8.08. The van der Waals surface area contributed by atoms with Gasteiger partial charge in [-0.25, -0.2) is 4.79 Å². The van der Waals surface area contributed by atoms with Crippen LogP contribution in [0.2, 0.25) is 0 Å². The van der Waals surface area contributed by atoms with Crippen molar-refractivity contribution in [1.29, 1.82) is 0 Å². The van der Waals surface area contributed by atoms with Crippen LogP contribution in [0.1, 0.15) is 23.6 Å². The van der Waals surface area contributed by atoms with E-state index < -0.39 is 5.54 Å². The Morgan fingerprint density at radius 2 is 1.81 bits per heavy atom. The number of hydrogen-bond acceptors (Lipinski definition) is 8. The number of aromatic hydroxyl groups is 1. The molecule has 4 aliphatic rings. The number of rotatable bonds is 7. The molecule has 10 heteroatoms. The number of nitrogens with zero attached hydrogens (tertiary/aromatic N) is 4. The molecule has 10 nitrogen and oxygen atoms in total. The molecule has 7 rings (SSSR count). The van der Waals surface area contributed by atoms with Gasteiger partial charge in [-0.15, -0.1) is 0 Å². The summed E-state index contributed by atoms with van der Waals surface area (Å²) in [6.45, 7) is 5.64. The highest BCUT2D eigenvalue weighted by Crippen LogP contribution is 2.55. The highest BCUT2D eigenvalue weighted by molar-refractivity contribution is 6.09. The molecule has 0 radical (unpaired) electrons. The van der Waals surface area contributed by atoms with Crippen LogP contribution in [-0.2, 0) is 16.1 Å². The lowest BCUT2D eigenvalue weighted by Crippen LogP contribution is -2.51. The summed E-state index contributed by atoms with van der Waals surface area (Å²) in [4.78, 5) is 36.6. The van der Waals surface area contributed by atoms with Gasteiger partial charge in [-0.2, -0.15) is 0 Å². The molecule has 0 aromatic heterocycles. The van der Waals surface area contributed by atoms with Crippen LogP contribution in [-0.4, -0.2) is 102 Å². The van der Waals surface area contributed by atoms with Crippen LogP contribution in [0.25, 0.3) is 10.8 Å². The molecule has 4 aliphatic heterocycles. The number of morpholine rings is 1. The summed E-state index contributed by atoms with van der Waals surface area (Å²) in [7, 11) is 1.53. The van der Waals surface area contributed by atoms with Gasteiger partial charge in [0.15, 0.2) is 11.5 Å². The van der Waals surface area contributed by atoms with Gasteiger partial charge in [0.05, 0.1) is 26.4 Å². The lowest BCUT2D eigenvalue weighted by Gasteiger charge is -2.32. The molecule has 1 spiro atoms. The van der Waals surface area contributed by atoms with Crippen LogP contribution < -0.4 is 10.5 Å². The van der Waals surface area contributed by atoms with Crippen molar-refractivity contribution >= 4 is 28.4 Å². The summed E-state index contributed by atoms with van der Waals surface area (Å²) < 4.78 is 10.7. The number of nitrogen functional groups attached to an aromatic ring is 1. The van der Waals surface area contributed by atoms with Crippen molar-refractivity contribution in [2.45, 2.75) is 24.5 Å². The van der Waals surface area contributed by atoms with E-state index in [1.807, 2.05) is 41.3 Å². The maximum Gasteiger partial charge on any atom is 0.328 e. The molecule has 0 aliphatic carbocycles. The van der Waals surface area contributed by atoms with Crippen molar-refractivity contribution in [3.8, 4) is 11.5 Å². The van der Waals surface area contributed by atoms with Crippen molar-refractivity contribution in [2.75, 3.05) is 65.3 Å². The number of likely N-dealkylation sites (tertiary alicyclic amines) is 1. The quantitative estimate of drug-likeness (QED) is 0.329. The van der Waals surface area contributed by atoms with E-state index in [1.165, 1.54) is 12.0 Å². The topological polar surface area (TPSA) is 112 Å². The smallest absolute Gasteiger partial charge is 0.328 e. The number of amides is 3. The van der Waals surface area contributed by atoms with Gasteiger partial charge in [-0.1, -0.05) is 36.4 Å². The number of ether oxygens (including phenoxy) is 2. The molecule has 0 bridgehead atoms. The summed E-state index contributed by atoms with van der Waals surface area (Å²) >= 11 is 0. The molecule has 42 heavy (non-hydrogen) atoms. The fourth-order valence-electron chi connectivity index (χ4n) is 7.67. The average Bonchev–Trinajstić information content (AvgIpc) is 3.57. The second-order valence-corrected chi connectivity index (χ2v) is 11.9. The van der Waals surface area contributed by atoms with Crippen LogP contribution in [0.15, 0.2) is 54.6 Å². The molecule has 220 valence electrons. The standard InChI is InChI=1S/C32H37N5O5/c1-41-29-9-6-21(16-28(29)38)18-35-19-22-17-27(25-7-8-26(33)24-5-3-2-4-23(24)25)37-31(40)36(30(39)32(22,37)20-35)11-10-34-12-14-42-15-13-34/h2-9,16,22,27,38H,10-15,17-20,33H2,1H3/t22-,27?,32-/m1/s1. The molecule has 4 saturated heterocycles. The SMILES string of the molecule is COc1ccc(CN2C[C@H]3CC(c4ccc(N)c5ccccc45)N4C(=O)N(CCN5CCOCC5)C(=O)[C@@]34C2)cc1O. The van der Waals surface area contributed by atoms with Gasteiger partial charge in [0.25, 0.3) is 5.91 Å². The van der Waals surface area contributed by atoms with Gasteiger partial charge in [0, 0.05) is 62.8 Å². The summed E-state index contributed by atoms with van der Waals surface area (Å²) in [5.74, 6) is 0.405. The number of phenols is 1. The van der Waals surface area contributed by atoms with Gasteiger partial charge in [-0.3, -0.25) is 19.5 Å². The summed E-state index contributed by atoms with van der Waals surface area (Å²) in [6.07, 6.45) is 0.701. The summed E-state index contributed by atoms with van der Waals surface area (Å²) in [6, 6.07) is 17.0. The summed E-state index contributed by atoms with van der Waals surface area (Å²) in [5, 5.41) is 12.3. The van der Waals surface area contributed by atoms with E-state index in [9.17, 15) is 14.7 Å². The zero-order valence-corrected chi connectivity index (χ0v) is 23.9. The monoisotopic (exact) mass is 571 g/mol. The number of benzene rings is 3. The van der Waals surface area contributed by atoms with Crippen LogP contribution in [0.3, 0.4) is 0 Å². The first-order valence-corrected chi connectivity index (χ1v) is 14.7. The molecule has 3 aromatic rings. The molecule has 3 atom stereocenters. The predicted octanol–water partition coefficient (Wildman–Crippen LogP) is 3.05. The van der Waals surface area contributed by atoms with Crippen LogP contribution >= 0.6 is 0 Å². The highest BCUT2D eigenvalue weighted by atomic mass is 16.5. The van der Waals surface area contributed by atoms with Crippen LogP contribution in [0.4, 0.5) is 10.5 Å². The number of imide groups is 1. The fraction of sp³-hybridized carbons (Fsp3) is 0.438. The third-order valence-corrected chi connectivity index (χ3v) is 9.66. The molecule has 3 aromatic carbocycles. The predicted molar refractivity (Wildman–Crippen MR) is 158 cm³/mol. The maximum absolute atomic E-state index is 14.4. The molecule has 3 N–H and O–H groups in total. The van der Waals surface area contributed by atoms with E-state index in [1.54, 1.807) is 12.1 Å². The zero-order chi connectivity index (χ0) is 29.0. The maximum atomic E-state index is 14.4. The van der Waals surface area contributed by atoms with Gasteiger partial charge >= 0.3 is 6.03 Å². The van der Waals surface area contributed by atoms with E-state index in [0.29, 0.717) is 63.8 Å². The number of methoxy groups -OCH3 is 1. The Bertz CT molecular complexity index is 1540. The van der Waals surface area contributed by atoms with E-state index >= 15 is 0 Å². The number of carbonyl (C=O) groups is 2. The Balaban J connectivity index is 1.22. The first-order valence-electron chi connectivity index (χ1n) is 14.7. The highest BCUT2D eigenvalue weighted by Gasteiger charge is 2.70. The Kier molecular flexibility index (Phi) is 6.72. The fourth-order valence-corrected chi connectivity index (χ4v) is 7.67. The van der Waals surface area contributed by atoms with Gasteiger partial charge in [-0.05, 0) is 41.1 Å². The van der Waals surface area contributed by atoms with E-state index in [0.717, 1.165) is 35.0 Å². The number of urea groups is 1. The zero-order valence-electron chi connectivity index (χ0n) is 23.9. The number of anilines is 1. The Labute approximate surface area is 245 Å². The number of carbonyl (C=O) groups excluding carboxylic acids is 2. The van der Waals surface area contributed by atoms with Crippen LogP contribution in [0.5, 0.6) is 11.5 Å². The molecule has 4 heterocycles. The first-order chi connectivity index (χ1) is 20.4. The largest absolute Gasteiger partial charge is 0.504 e. The van der Waals surface area contributed by atoms with Crippen molar-refractivity contribution < 1.29 is 24.2 Å². The van der Waals surface area contributed by atoms with Crippen LogP contribution in [0, 0.1) is 5.92 Å². The van der Waals surface area contributed by atoms with E-state index in [2.05, 4.69) is 15.9 Å². The lowest BCUT2D eigenvalue weighted by atomic mass is 9.87. The van der Waals surface area contributed by atoms with Crippen molar-refractivity contribution in [3.05, 3.63) is 65.7 Å². The van der Waals surface area contributed by atoms with Gasteiger partial charge in [0.2, 0.25) is 0 Å². The minimum Gasteiger partial charge on any atom is -0.504 e. The van der Waals surface area contributed by atoms with Gasteiger partial charge in [0.1, 0.15) is 5.54 Å². The molecular weight excluding hydrogens is 534 g/mol. The number of phenolic OH excluding ortho intramolecular Hbond substituents is 1. The molecular formula is C32H37N5O5. The van der Waals surface area contributed by atoms with Crippen molar-refractivity contribution in [1.82, 2.24) is 19.6 Å². The van der Waals surface area contributed by atoms with E-state index in [-0.39, 0.29) is 29.6 Å². The average molecular weight is 572 g/mol. The number of nitrogens with two attached hydrogens (primary N) is 1. The molecule has 3 amide bonds. The molecule has 0 saturated carbocycles. The second-order valence-electron chi connectivity index (χ2n) is 11.9. The van der Waals surface area contributed by atoms with Crippen molar-refractivity contribution in [2.24, 2.45) is 5.92 Å². The lowest BCUT2D eigenvalue weighted by molar-refractivity contribution is -0.133. The molecule has 1 unspecified atom stereocenters. The minimum atomic E-state index is -0.927. The number of fused-ring (bicyclic) bond motifs is 1.